The Balaban J connectivity index is 1.89. The standard InChI is InChI=1S/C13H13ClFNO4/c14-9-2-1-3-10(6-9)20-7-11(17)16-5-4-13(15,8-16)12(18)19/h1-3,6H,4-5,7-8H2,(H,18,19). The Morgan fingerprint density at radius 1 is 1.50 bits per heavy atom. The lowest BCUT2D eigenvalue weighted by molar-refractivity contribution is -0.150. The molecule has 0 spiro atoms. The highest BCUT2D eigenvalue weighted by atomic mass is 35.5. The lowest BCUT2D eigenvalue weighted by Gasteiger charge is -2.18. The molecule has 1 saturated heterocycles. The molecule has 1 amide bonds. The third-order valence-electron chi connectivity index (χ3n) is 3.11. The molecule has 1 unspecified atom stereocenters. The number of carbonyl (C=O) groups excluding carboxylic acids is 1. The predicted octanol–water partition coefficient (Wildman–Crippen LogP) is 1.74. The van der Waals surface area contributed by atoms with Crippen LogP contribution in [0.3, 0.4) is 0 Å². The van der Waals surface area contributed by atoms with Gasteiger partial charge in [-0.3, -0.25) is 4.79 Å². The third kappa shape index (κ3) is 3.19. The molecule has 0 saturated carbocycles. The first-order chi connectivity index (χ1) is 9.40. The Bertz CT molecular complexity index is 539. The minimum Gasteiger partial charge on any atom is -0.484 e. The number of amides is 1. The molecule has 1 heterocycles. The van der Waals surface area contributed by atoms with Crippen molar-refractivity contribution in [3.63, 3.8) is 0 Å². The second-order valence-electron chi connectivity index (χ2n) is 4.58. The van der Waals surface area contributed by atoms with Gasteiger partial charge in [-0.05, 0) is 18.2 Å². The summed E-state index contributed by atoms with van der Waals surface area (Å²) in [6.07, 6.45) is -0.203. The first-order valence-corrected chi connectivity index (χ1v) is 6.37. The van der Waals surface area contributed by atoms with Gasteiger partial charge in [0.15, 0.2) is 6.61 Å². The summed E-state index contributed by atoms with van der Waals surface area (Å²) in [6, 6.07) is 6.53. The highest BCUT2D eigenvalue weighted by molar-refractivity contribution is 6.30. The van der Waals surface area contributed by atoms with Gasteiger partial charge >= 0.3 is 5.97 Å². The van der Waals surface area contributed by atoms with Gasteiger partial charge in [0, 0.05) is 18.0 Å². The Kier molecular flexibility index (Phi) is 4.13. The number of nitrogens with zero attached hydrogens (tertiary/aromatic N) is 1. The summed E-state index contributed by atoms with van der Waals surface area (Å²) in [5, 5.41) is 9.23. The van der Waals surface area contributed by atoms with Crippen LogP contribution in [0.2, 0.25) is 5.02 Å². The highest BCUT2D eigenvalue weighted by Gasteiger charge is 2.46. The quantitative estimate of drug-likeness (QED) is 0.920. The summed E-state index contributed by atoms with van der Waals surface area (Å²) in [7, 11) is 0. The van der Waals surface area contributed by atoms with E-state index in [-0.39, 0.29) is 19.6 Å². The number of carboxylic acids is 1. The van der Waals surface area contributed by atoms with Gasteiger partial charge in [0.2, 0.25) is 5.67 Å². The van der Waals surface area contributed by atoms with Crippen molar-refractivity contribution < 1.29 is 23.8 Å². The van der Waals surface area contributed by atoms with Crippen molar-refractivity contribution >= 4 is 23.5 Å². The average Bonchev–Trinajstić information content (AvgIpc) is 2.80. The molecule has 20 heavy (non-hydrogen) atoms. The molecule has 1 aliphatic rings. The second kappa shape index (κ2) is 5.66. The molecule has 7 heteroatoms. The molecule has 0 bridgehead atoms. The van der Waals surface area contributed by atoms with Crippen LogP contribution in [-0.2, 0) is 9.59 Å². The SMILES string of the molecule is O=C(COc1cccc(Cl)c1)N1CCC(F)(C(=O)O)C1. The van der Waals surface area contributed by atoms with E-state index in [1.807, 2.05) is 0 Å². The Morgan fingerprint density at radius 3 is 2.85 bits per heavy atom. The summed E-state index contributed by atoms with van der Waals surface area (Å²) in [5.41, 5.74) is -2.36. The van der Waals surface area contributed by atoms with Crippen LogP contribution in [0.1, 0.15) is 6.42 Å². The maximum atomic E-state index is 13.8. The van der Waals surface area contributed by atoms with Crippen LogP contribution in [0.25, 0.3) is 0 Å². The number of hydrogen-bond acceptors (Lipinski definition) is 3. The number of carbonyl (C=O) groups is 2. The molecule has 1 fully saturated rings. The fraction of sp³-hybridized carbons (Fsp3) is 0.385. The fourth-order valence-corrected chi connectivity index (χ4v) is 2.13. The van der Waals surface area contributed by atoms with Gasteiger partial charge in [0.25, 0.3) is 5.91 Å². The molecule has 5 nitrogen and oxygen atoms in total. The van der Waals surface area contributed by atoms with Crippen LogP contribution in [0, 0.1) is 0 Å². The summed E-state index contributed by atoms with van der Waals surface area (Å²) in [6.45, 7) is -0.656. The summed E-state index contributed by atoms with van der Waals surface area (Å²) < 4.78 is 19.1. The van der Waals surface area contributed by atoms with Gasteiger partial charge in [-0.2, -0.15) is 0 Å². The number of alkyl halides is 1. The maximum absolute atomic E-state index is 13.8. The summed E-state index contributed by atoms with van der Waals surface area (Å²) in [4.78, 5) is 23.7. The molecule has 1 N–H and O–H groups in total. The van der Waals surface area contributed by atoms with Gasteiger partial charge in [0.05, 0.1) is 6.54 Å². The topological polar surface area (TPSA) is 66.8 Å². The van der Waals surface area contributed by atoms with Crippen molar-refractivity contribution in [2.75, 3.05) is 19.7 Å². The molecule has 1 aromatic carbocycles. The van der Waals surface area contributed by atoms with E-state index in [9.17, 15) is 14.0 Å². The molecule has 1 aromatic rings. The monoisotopic (exact) mass is 301 g/mol. The Labute approximate surface area is 119 Å². The minimum atomic E-state index is -2.36. The fourth-order valence-electron chi connectivity index (χ4n) is 1.95. The summed E-state index contributed by atoms with van der Waals surface area (Å²) in [5.74, 6) is -1.57. The molecular formula is C13H13ClFNO4. The van der Waals surface area contributed by atoms with Crippen LogP contribution in [-0.4, -0.2) is 47.2 Å². The van der Waals surface area contributed by atoms with Gasteiger partial charge < -0.3 is 14.7 Å². The van der Waals surface area contributed by atoms with Crippen LogP contribution < -0.4 is 4.74 Å². The highest BCUT2D eigenvalue weighted by Crippen LogP contribution is 2.26. The predicted molar refractivity (Wildman–Crippen MR) is 69.6 cm³/mol. The lowest BCUT2D eigenvalue weighted by Crippen LogP contribution is -2.40. The molecular weight excluding hydrogens is 289 g/mol. The maximum Gasteiger partial charge on any atom is 0.343 e. The lowest BCUT2D eigenvalue weighted by atomic mass is 10.1. The second-order valence-corrected chi connectivity index (χ2v) is 5.02. The van der Waals surface area contributed by atoms with Crippen LogP contribution in [0.15, 0.2) is 24.3 Å². The van der Waals surface area contributed by atoms with Crippen LogP contribution in [0.4, 0.5) is 4.39 Å². The summed E-state index contributed by atoms with van der Waals surface area (Å²) >= 11 is 5.77. The number of halogens is 2. The van der Waals surface area contributed by atoms with Crippen LogP contribution >= 0.6 is 11.6 Å². The van der Waals surface area contributed by atoms with Gasteiger partial charge in [-0.25, -0.2) is 9.18 Å². The Hall–Kier alpha value is -1.82. The van der Waals surface area contributed by atoms with E-state index in [1.54, 1.807) is 24.3 Å². The number of ether oxygens (including phenoxy) is 1. The van der Waals surface area contributed by atoms with E-state index in [0.29, 0.717) is 10.8 Å². The van der Waals surface area contributed by atoms with Crippen molar-refractivity contribution in [1.82, 2.24) is 4.90 Å². The van der Waals surface area contributed by atoms with E-state index in [1.165, 1.54) is 0 Å². The number of rotatable bonds is 4. The number of aliphatic carboxylic acids is 1. The zero-order valence-corrected chi connectivity index (χ0v) is 11.3. The minimum absolute atomic E-state index is 0.0700. The normalized spacial score (nSPS) is 21.8. The first-order valence-electron chi connectivity index (χ1n) is 5.99. The first kappa shape index (κ1) is 14.6. The zero-order valence-electron chi connectivity index (χ0n) is 10.5. The van der Waals surface area contributed by atoms with Gasteiger partial charge in [0.1, 0.15) is 5.75 Å². The van der Waals surface area contributed by atoms with Crippen molar-refractivity contribution in [2.45, 2.75) is 12.1 Å². The number of hydrogen-bond donors (Lipinski definition) is 1. The molecule has 2 rings (SSSR count). The van der Waals surface area contributed by atoms with E-state index in [2.05, 4.69) is 0 Å². The number of likely N-dealkylation sites (tertiary alicyclic amines) is 1. The van der Waals surface area contributed by atoms with Crippen molar-refractivity contribution in [1.29, 1.82) is 0 Å². The van der Waals surface area contributed by atoms with Gasteiger partial charge in [-0.15, -0.1) is 0 Å². The average molecular weight is 302 g/mol. The van der Waals surface area contributed by atoms with Crippen molar-refractivity contribution in [3.8, 4) is 5.75 Å². The molecule has 0 radical (unpaired) electrons. The van der Waals surface area contributed by atoms with Crippen molar-refractivity contribution in [2.24, 2.45) is 0 Å². The Morgan fingerprint density at radius 2 is 2.25 bits per heavy atom. The van der Waals surface area contributed by atoms with E-state index >= 15 is 0 Å². The number of carboxylic acid groups (broad SMARTS) is 1. The molecule has 0 aromatic heterocycles. The zero-order chi connectivity index (χ0) is 14.8. The molecule has 1 aliphatic heterocycles. The van der Waals surface area contributed by atoms with Crippen LogP contribution in [0.5, 0.6) is 5.75 Å². The van der Waals surface area contributed by atoms with E-state index in [0.717, 1.165) is 4.90 Å². The van der Waals surface area contributed by atoms with E-state index in [4.69, 9.17) is 21.4 Å². The number of benzene rings is 1. The molecule has 0 aliphatic carbocycles. The van der Waals surface area contributed by atoms with Crippen molar-refractivity contribution in [3.05, 3.63) is 29.3 Å². The molecule has 108 valence electrons. The third-order valence-corrected chi connectivity index (χ3v) is 3.35. The molecule has 1 atom stereocenters. The smallest absolute Gasteiger partial charge is 0.343 e. The van der Waals surface area contributed by atoms with Gasteiger partial charge in [-0.1, -0.05) is 17.7 Å². The largest absolute Gasteiger partial charge is 0.484 e. The van der Waals surface area contributed by atoms with E-state index < -0.39 is 24.1 Å².